The molecular weight excluding hydrogens is 322 g/mol. The fraction of sp³-hybridized carbons (Fsp3) is 0.429. The molecule has 9 heteroatoms. The molecule has 8 nitrogen and oxygen atoms in total. The maximum Gasteiger partial charge on any atom is 0.358 e. The van der Waals surface area contributed by atoms with Crippen LogP contribution < -0.4 is 5.32 Å². The lowest BCUT2D eigenvalue weighted by Gasteiger charge is -2.08. The van der Waals surface area contributed by atoms with Crippen molar-refractivity contribution < 1.29 is 14.3 Å². The molecule has 0 saturated carbocycles. The molecule has 0 bridgehead atoms. The van der Waals surface area contributed by atoms with E-state index in [0.717, 1.165) is 0 Å². The Balaban J connectivity index is 2.44. The molecule has 0 unspecified atom stereocenters. The number of amides is 1. The number of methoxy groups -OCH3 is 1. The molecule has 0 atom stereocenters. The average Bonchev–Trinajstić information content (AvgIpc) is 2.95. The van der Waals surface area contributed by atoms with Gasteiger partial charge in [-0.25, -0.2) is 4.79 Å². The van der Waals surface area contributed by atoms with Crippen LogP contribution in [0.15, 0.2) is 0 Å². The fourth-order valence-corrected chi connectivity index (χ4v) is 2.54. The van der Waals surface area contributed by atoms with E-state index >= 15 is 0 Å². The Morgan fingerprint density at radius 3 is 2.43 bits per heavy atom. The second kappa shape index (κ2) is 6.41. The maximum absolute atomic E-state index is 12.6. The summed E-state index contributed by atoms with van der Waals surface area (Å²) in [6.45, 7) is 5.76. The van der Waals surface area contributed by atoms with Crippen LogP contribution in [-0.4, -0.2) is 38.5 Å². The highest BCUT2D eigenvalue weighted by Gasteiger charge is 2.26. The molecule has 0 aromatic carbocycles. The summed E-state index contributed by atoms with van der Waals surface area (Å²) in [6, 6.07) is 0. The lowest BCUT2D eigenvalue weighted by Crippen LogP contribution is -2.20. The van der Waals surface area contributed by atoms with E-state index in [1.165, 1.54) is 16.5 Å². The third kappa shape index (κ3) is 2.94. The van der Waals surface area contributed by atoms with Gasteiger partial charge in [0.05, 0.1) is 29.2 Å². The largest absolute Gasteiger partial charge is 0.464 e. The van der Waals surface area contributed by atoms with Gasteiger partial charge in [-0.2, -0.15) is 10.2 Å². The third-order valence-electron chi connectivity index (χ3n) is 3.41. The van der Waals surface area contributed by atoms with Crippen LogP contribution in [0.2, 0.25) is 5.02 Å². The SMILES string of the molecule is CCn1nc(C)c(Cl)c1C(=O)Nc1c(C)nn(C)c1C(=O)OC. The third-order valence-corrected chi connectivity index (χ3v) is 3.86. The predicted molar refractivity (Wildman–Crippen MR) is 84.9 cm³/mol. The molecule has 0 aliphatic carbocycles. The van der Waals surface area contributed by atoms with Gasteiger partial charge in [-0.05, 0) is 20.8 Å². The van der Waals surface area contributed by atoms with Crippen LogP contribution in [-0.2, 0) is 18.3 Å². The summed E-state index contributed by atoms with van der Waals surface area (Å²) in [4.78, 5) is 24.5. The number of carbonyl (C=O) groups excluding carboxylic acids is 2. The Kier molecular flexibility index (Phi) is 4.74. The minimum absolute atomic E-state index is 0.161. The van der Waals surface area contributed by atoms with Crippen molar-refractivity contribution in [3.05, 3.63) is 27.8 Å². The number of aryl methyl sites for hydroxylation is 4. The molecule has 124 valence electrons. The van der Waals surface area contributed by atoms with Gasteiger partial charge < -0.3 is 10.1 Å². The normalized spacial score (nSPS) is 10.7. The highest BCUT2D eigenvalue weighted by molar-refractivity contribution is 6.34. The van der Waals surface area contributed by atoms with Gasteiger partial charge in [-0.1, -0.05) is 11.6 Å². The Bertz CT molecular complexity index is 778. The van der Waals surface area contributed by atoms with Gasteiger partial charge >= 0.3 is 5.97 Å². The molecule has 0 fully saturated rings. The van der Waals surface area contributed by atoms with E-state index in [4.69, 9.17) is 16.3 Å². The first kappa shape index (κ1) is 17.0. The standard InChI is InChI=1S/C14H18ClN5O3/c1-6-20-11(9(15)7(2)18-20)13(21)16-10-8(3)17-19(4)12(10)14(22)23-5/h6H2,1-5H3,(H,16,21). The van der Waals surface area contributed by atoms with Crippen molar-refractivity contribution in [2.45, 2.75) is 27.3 Å². The molecule has 0 aliphatic heterocycles. The predicted octanol–water partition coefficient (Wildman–Crippen LogP) is 1.95. The Morgan fingerprint density at radius 1 is 1.22 bits per heavy atom. The molecule has 1 N–H and O–H groups in total. The topological polar surface area (TPSA) is 91.0 Å². The summed E-state index contributed by atoms with van der Waals surface area (Å²) in [5.74, 6) is -1.05. The monoisotopic (exact) mass is 339 g/mol. The number of anilines is 1. The number of nitrogens with zero attached hydrogens (tertiary/aromatic N) is 4. The van der Waals surface area contributed by atoms with E-state index < -0.39 is 11.9 Å². The molecule has 0 radical (unpaired) electrons. The van der Waals surface area contributed by atoms with Gasteiger partial charge in [-0.3, -0.25) is 14.2 Å². The number of aromatic nitrogens is 4. The van der Waals surface area contributed by atoms with Gasteiger partial charge in [0.2, 0.25) is 0 Å². The average molecular weight is 340 g/mol. The summed E-state index contributed by atoms with van der Waals surface area (Å²) >= 11 is 6.17. The molecule has 2 rings (SSSR count). The fourth-order valence-electron chi connectivity index (χ4n) is 2.32. The maximum atomic E-state index is 12.6. The second-order valence-electron chi connectivity index (χ2n) is 4.94. The van der Waals surface area contributed by atoms with Crippen LogP contribution in [0.4, 0.5) is 5.69 Å². The van der Waals surface area contributed by atoms with Crippen molar-refractivity contribution in [2.24, 2.45) is 7.05 Å². The van der Waals surface area contributed by atoms with Gasteiger partial charge in [0.15, 0.2) is 5.69 Å². The van der Waals surface area contributed by atoms with Gasteiger partial charge in [0.1, 0.15) is 5.69 Å². The smallest absolute Gasteiger partial charge is 0.358 e. The van der Waals surface area contributed by atoms with Crippen molar-refractivity contribution in [2.75, 3.05) is 12.4 Å². The van der Waals surface area contributed by atoms with Crippen LogP contribution in [0.3, 0.4) is 0 Å². The summed E-state index contributed by atoms with van der Waals surface area (Å²) in [5, 5.41) is 11.3. The number of rotatable bonds is 4. The summed E-state index contributed by atoms with van der Waals surface area (Å²) in [6.07, 6.45) is 0. The molecule has 0 saturated heterocycles. The van der Waals surface area contributed by atoms with E-state index in [1.54, 1.807) is 20.9 Å². The first-order chi connectivity index (χ1) is 10.8. The number of hydrogen-bond acceptors (Lipinski definition) is 5. The quantitative estimate of drug-likeness (QED) is 0.860. The molecule has 23 heavy (non-hydrogen) atoms. The molecule has 1 amide bonds. The van der Waals surface area contributed by atoms with E-state index in [0.29, 0.717) is 23.6 Å². The minimum Gasteiger partial charge on any atom is -0.464 e. The van der Waals surface area contributed by atoms with Crippen molar-refractivity contribution in [3.63, 3.8) is 0 Å². The summed E-state index contributed by atoms with van der Waals surface area (Å²) in [7, 11) is 2.87. The van der Waals surface area contributed by atoms with Crippen LogP contribution in [0.1, 0.15) is 39.3 Å². The molecule has 2 aromatic rings. The zero-order valence-corrected chi connectivity index (χ0v) is 14.4. The van der Waals surface area contributed by atoms with Crippen LogP contribution in [0, 0.1) is 13.8 Å². The Morgan fingerprint density at radius 2 is 1.87 bits per heavy atom. The number of carbonyl (C=O) groups is 2. The number of ether oxygens (including phenoxy) is 1. The molecule has 2 aromatic heterocycles. The van der Waals surface area contributed by atoms with E-state index in [9.17, 15) is 9.59 Å². The number of hydrogen-bond donors (Lipinski definition) is 1. The van der Waals surface area contributed by atoms with Crippen molar-refractivity contribution in [1.82, 2.24) is 19.6 Å². The number of esters is 1. The van der Waals surface area contributed by atoms with E-state index in [-0.39, 0.29) is 16.4 Å². The lowest BCUT2D eigenvalue weighted by atomic mass is 10.2. The number of nitrogens with one attached hydrogen (secondary N) is 1. The Hall–Kier alpha value is -2.35. The zero-order valence-electron chi connectivity index (χ0n) is 13.6. The van der Waals surface area contributed by atoms with Crippen LogP contribution in [0.25, 0.3) is 0 Å². The van der Waals surface area contributed by atoms with Crippen molar-refractivity contribution >= 4 is 29.2 Å². The number of halogens is 1. The summed E-state index contributed by atoms with van der Waals surface area (Å²) in [5.41, 5.74) is 1.76. The highest BCUT2D eigenvalue weighted by atomic mass is 35.5. The summed E-state index contributed by atoms with van der Waals surface area (Å²) < 4.78 is 7.61. The van der Waals surface area contributed by atoms with Gasteiger partial charge in [0, 0.05) is 13.6 Å². The minimum atomic E-state index is -0.588. The zero-order chi connectivity index (χ0) is 17.3. The van der Waals surface area contributed by atoms with Crippen molar-refractivity contribution in [1.29, 1.82) is 0 Å². The van der Waals surface area contributed by atoms with E-state index in [1.807, 2.05) is 6.92 Å². The Labute approximate surface area is 138 Å². The molecule has 0 spiro atoms. The second-order valence-corrected chi connectivity index (χ2v) is 5.32. The molecule has 2 heterocycles. The lowest BCUT2D eigenvalue weighted by molar-refractivity contribution is 0.0589. The highest BCUT2D eigenvalue weighted by Crippen LogP contribution is 2.25. The van der Waals surface area contributed by atoms with E-state index in [2.05, 4.69) is 15.5 Å². The van der Waals surface area contributed by atoms with Crippen molar-refractivity contribution in [3.8, 4) is 0 Å². The van der Waals surface area contributed by atoms with Gasteiger partial charge in [0.25, 0.3) is 5.91 Å². The van der Waals surface area contributed by atoms with Gasteiger partial charge in [-0.15, -0.1) is 0 Å². The van der Waals surface area contributed by atoms with Crippen LogP contribution in [0.5, 0.6) is 0 Å². The first-order valence-corrected chi connectivity index (χ1v) is 7.35. The molecular formula is C14H18ClN5O3. The van der Waals surface area contributed by atoms with Crippen LogP contribution >= 0.6 is 11.6 Å². The molecule has 0 aliphatic rings. The first-order valence-electron chi connectivity index (χ1n) is 6.97.